The largest absolute Gasteiger partial charge is 0.497 e. The maximum absolute atomic E-state index is 11.3. The van der Waals surface area contributed by atoms with Crippen LogP contribution in [0.3, 0.4) is 0 Å². The number of aromatic amines is 1. The summed E-state index contributed by atoms with van der Waals surface area (Å²) in [6.07, 6.45) is 1.94. The normalized spacial score (nSPS) is 12.2. The Bertz CT molecular complexity index is 807. The highest BCUT2D eigenvalue weighted by molar-refractivity contribution is 5.85. The predicted molar refractivity (Wildman–Crippen MR) is 85.4 cm³/mol. The molecule has 3 rings (SSSR count). The quantitative estimate of drug-likeness (QED) is 0.753. The Morgan fingerprint density at radius 3 is 2.82 bits per heavy atom. The molecule has 22 heavy (non-hydrogen) atoms. The van der Waals surface area contributed by atoms with Gasteiger partial charge in [-0.05, 0) is 29.3 Å². The number of benzene rings is 2. The molecule has 2 aromatic carbocycles. The third-order valence-electron chi connectivity index (χ3n) is 3.87. The fraction of sp³-hybridized carbons (Fsp3) is 0.167. The van der Waals surface area contributed by atoms with Gasteiger partial charge in [-0.2, -0.15) is 0 Å². The van der Waals surface area contributed by atoms with Crippen LogP contribution in [0.2, 0.25) is 0 Å². The van der Waals surface area contributed by atoms with Gasteiger partial charge in [-0.15, -0.1) is 0 Å². The van der Waals surface area contributed by atoms with Gasteiger partial charge in [0.1, 0.15) is 5.75 Å². The van der Waals surface area contributed by atoms with Crippen molar-refractivity contribution in [3.8, 4) is 5.75 Å². The number of H-pyrrole nitrogens is 1. The summed E-state index contributed by atoms with van der Waals surface area (Å²) in [6.45, 7) is 0. The van der Waals surface area contributed by atoms with Gasteiger partial charge < -0.3 is 14.8 Å². The van der Waals surface area contributed by atoms with E-state index in [0.29, 0.717) is 0 Å². The first-order valence-electron chi connectivity index (χ1n) is 7.11. The maximum atomic E-state index is 11.3. The lowest BCUT2D eigenvalue weighted by Gasteiger charge is -2.16. The molecule has 0 amide bonds. The summed E-state index contributed by atoms with van der Waals surface area (Å²) in [7, 11) is 1.61. The zero-order valence-corrected chi connectivity index (χ0v) is 12.2. The van der Waals surface area contributed by atoms with E-state index in [1.165, 1.54) is 0 Å². The van der Waals surface area contributed by atoms with E-state index >= 15 is 0 Å². The number of carboxylic acid groups (broad SMARTS) is 1. The number of carbonyl (C=O) groups is 1. The van der Waals surface area contributed by atoms with E-state index in [-0.39, 0.29) is 12.3 Å². The summed E-state index contributed by atoms with van der Waals surface area (Å²) >= 11 is 0. The number of methoxy groups -OCH3 is 1. The Hall–Kier alpha value is -2.75. The van der Waals surface area contributed by atoms with Crippen LogP contribution in [0.5, 0.6) is 5.75 Å². The van der Waals surface area contributed by atoms with Crippen LogP contribution in [0.1, 0.15) is 23.5 Å². The lowest BCUT2D eigenvalue weighted by atomic mass is 9.88. The number of rotatable bonds is 5. The second-order valence-corrected chi connectivity index (χ2v) is 5.22. The number of ether oxygens (including phenoxy) is 1. The van der Waals surface area contributed by atoms with Crippen LogP contribution in [-0.4, -0.2) is 23.2 Å². The number of hydrogen-bond donors (Lipinski definition) is 2. The Kier molecular flexibility index (Phi) is 3.83. The van der Waals surface area contributed by atoms with Crippen molar-refractivity contribution in [3.63, 3.8) is 0 Å². The molecule has 2 N–H and O–H groups in total. The SMILES string of the molecule is COc1cccc([C@H](CC(=O)O)c2c[nH]c3ccccc23)c1. The zero-order valence-electron chi connectivity index (χ0n) is 12.2. The summed E-state index contributed by atoms with van der Waals surface area (Å²) in [4.78, 5) is 14.5. The van der Waals surface area contributed by atoms with E-state index in [2.05, 4.69) is 4.98 Å². The minimum Gasteiger partial charge on any atom is -0.497 e. The van der Waals surface area contributed by atoms with E-state index in [4.69, 9.17) is 4.74 Å². The molecule has 112 valence electrons. The Labute approximate surface area is 128 Å². The van der Waals surface area contributed by atoms with Crippen LogP contribution in [-0.2, 0) is 4.79 Å². The molecule has 4 nitrogen and oxygen atoms in total. The standard InChI is InChI=1S/C18H17NO3/c1-22-13-6-4-5-12(9-13)15(10-18(20)21)16-11-19-17-8-3-2-7-14(16)17/h2-9,11,15,19H,10H2,1H3,(H,20,21)/t15-/m0/s1. The molecular weight excluding hydrogens is 278 g/mol. The molecule has 0 spiro atoms. The fourth-order valence-corrected chi connectivity index (χ4v) is 2.82. The van der Waals surface area contributed by atoms with Crippen molar-refractivity contribution < 1.29 is 14.6 Å². The first-order valence-corrected chi connectivity index (χ1v) is 7.11. The molecule has 1 heterocycles. The Morgan fingerprint density at radius 2 is 2.05 bits per heavy atom. The monoisotopic (exact) mass is 295 g/mol. The molecule has 0 aliphatic rings. The van der Waals surface area contributed by atoms with Crippen molar-refractivity contribution in [1.82, 2.24) is 4.98 Å². The van der Waals surface area contributed by atoms with Crippen molar-refractivity contribution in [2.24, 2.45) is 0 Å². The third-order valence-corrected chi connectivity index (χ3v) is 3.87. The second-order valence-electron chi connectivity index (χ2n) is 5.22. The number of hydrogen-bond acceptors (Lipinski definition) is 2. The number of carboxylic acids is 1. The van der Waals surface area contributed by atoms with Crippen molar-refractivity contribution in [2.75, 3.05) is 7.11 Å². The molecule has 0 bridgehead atoms. The van der Waals surface area contributed by atoms with Crippen molar-refractivity contribution >= 4 is 16.9 Å². The molecule has 0 aliphatic heterocycles. The summed E-state index contributed by atoms with van der Waals surface area (Å²) < 4.78 is 5.26. The lowest BCUT2D eigenvalue weighted by molar-refractivity contribution is -0.137. The van der Waals surface area contributed by atoms with Crippen LogP contribution < -0.4 is 4.74 Å². The van der Waals surface area contributed by atoms with Gasteiger partial charge in [-0.1, -0.05) is 30.3 Å². The van der Waals surface area contributed by atoms with Crippen LogP contribution in [0.4, 0.5) is 0 Å². The third kappa shape index (κ3) is 2.68. The number of aromatic nitrogens is 1. The Morgan fingerprint density at radius 1 is 1.23 bits per heavy atom. The van der Waals surface area contributed by atoms with Gasteiger partial charge in [0.25, 0.3) is 0 Å². The highest BCUT2D eigenvalue weighted by Crippen LogP contribution is 2.34. The van der Waals surface area contributed by atoms with Gasteiger partial charge in [-0.3, -0.25) is 4.79 Å². The van der Waals surface area contributed by atoms with Crippen molar-refractivity contribution in [1.29, 1.82) is 0 Å². The lowest BCUT2D eigenvalue weighted by Crippen LogP contribution is -2.07. The molecule has 0 aliphatic carbocycles. The van der Waals surface area contributed by atoms with E-state index in [1.807, 2.05) is 54.7 Å². The summed E-state index contributed by atoms with van der Waals surface area (Å²) in [5.41, 5.74) is 2.94. The number of aliphatic carboxylic acids is 1. The zero-order chi connectivity index (χ0) is 15.5. The topological polar surface area (TPSA) is 62.3 Å². The summed E-state index contributed by atoms with van der Waals surface area (Å²) in [6, 6.07) is 15.5. The smallest absolute Gasteiger partial charge is 0.304 e. The molecule has 3 aromatic rings. The van der Waals surface area contributed by atoms with Gasteiger partial charge in [0, 0.05) is 23.0 Å². The maximum Gasteiger partial charge on any atom is 0.304 e. The minimum absolute atomic E-state index is 0.0367. The molecule has 1 atom stereocenters. The van der Waals surface area contributed by atoms with Crippen LogP contribution in [0, 0.1) is 0 Å². The van der Waals surface area contributed by atoms with E-state index in [0.717, 1.165) is 27.8 Å². The van der Waals surface area contributed by atoms with Gasteiger partial charge in [-0.25, -0.2) is 0 Å². The molecular formula is C18H17NO3. The highest BCUT2D eigenvalue weighted by atomic mass is 16.5. The first-order chi connectivity index (χ1) is 10.7. The number of fused-ring (bicyclic) bond motifs is 1. The fourth-order valence-electron chi connectivity index (χ4n) is 2.82. The number of nitrogens with one attached hydrogen (secondary N) is 1. The molecule has 0 fully saturated rings. The summed E-state index contributed by atoms with van der Waals surface area (Å²) in [5.74, 6) is -0.311. The summed E-state index contributed by atoms with van der Waals surface area (Å²) in [5, 5.41) is 10.4. The van der Waals surface area contributed by atoms with Crippen LogP contribution in [0.25, 0.3) is 10.9 Å². The minimum atomic E-state index is -0.821. The van der Waals surface area contributed by atoms with Gasteiger partial charge in [0.2, 0.25) is 0 Å². The second kappa shape index (κ2) is 5.93. The van der Waals surface area contributed by atoms with Crippen molar-refractivity contribution in [2.45, 2.75) is 12.3 Å². The molecule has 0 radical (unpaired) electrons. The molecule has 4 heteroatoms. The molecule has 1 aromatic heterocycles. The Balaban J connectivity index is 2.11. The van der Waals surface area contributed by atoms with Gasteiger partial charge in [0.05, 0.1) is 13.5 Å². The average Bonchev–Trinajstić information content (AvgIpc) is 2.96. The van der Waals surface area contributed by atoms with E-state index < -0.39 is 5.97 Å². The molecule has 0 saturated heterocycles. The van der Waals surface area contributed by atoms with E-state index in [1.54, 1.807) is 7.11 Å². The molecule has 0 saturated carbocycles. The highest BCUT2D eigenvalue weighted by Gasteiger charge is 2.21. The van der Waals surface area contributed by atoms with Gasteiger partial charge in [0.15, 0.2) is 0 Å². The van der Waals surface area contributed by atoms with Crippen LogP contribution >= 0.6 is 0 Å². The van der Waals surface area contributed by atoms with Gasteiger partial charge >= 0.3 is 5.97 Å². The first kappa shape index (κ1) is 14.2. The predicted octanol–water partition coefficient (Wildman–Crippen LogP) is 3.78. The van der Waals surface area contributed by atoms with Crippen molar-refractivity contribution in [3.05, 3.63) is 65.9 Å². The van der Waals surface area contributed by atoms with E-state index in [9.17, 15) is 9.90 Å². The average molecular weight is 295 g/mol. The van der Waals surface area contributed by atoms with Crippen LogP contribution in [0.15, 0.2) is 54.7 Å². The number of para-hydroxylation sites is 1. The molecule has 0 unspecified atom stereocenters.